The third-order valence-electron chi connectivity index (χ3n) is 2.16. The summed E-state index contributed by atoms with van der Waals surface area (Å²) < 4.78 is 0. The van der Waals surface area contributed by atoms with Gasteiger partial charge in [0.15, 0.2) is 0 Å². The standard InChI is InChI=1S/C9H15NO2/c1-2-3-9(12)10-8-4-7(5-8)6-11/h2-3,7-8,11H,4-6H2,1H3,(H,10,12)/b3-2+. The van der Waals surface area contributed by atoms with Crippen LogP contribution in [0.1, 0.15) is 19.8 Å². The van der Waals surface area contributed by atoms with Gasteiger partial charge in [0.25, 0.3) is 0 Å². The molecular weight excluding hydrogens is 154 g/mol. The van der Waals surface area contributed by atoms with Gasteiger partial charge >= 0.3 is 0 Å². The molecule has 0 aromatic rings. The lowest BCUT2D eigenvalue weighted by atomic mass is 9.81. The Morgan fingerprint density at radius 3 is 2.83 bits per heavy atom. The van der Waals surface area contributed by atoms with Crippen LogP contribution in [-0.4, -0.2) is 23.7 Å². The normalized spacial score (nSPS) is 28.5. The molecule has 0 spiro atoms. The van der Waals surface area contributed by atoms with E-state index >= 15 is 0 Å². The van der Waals surface area contributed by atoms with Crippen LogP contribution in [0.2, 0.25) is 0 Å². The summed E-state index contributed by atoms with van der Waals surface area (Å²) in [5.74, 6) is 0.375. The Labute approximate surface area is 72.5 Å². The number of aliphatic hydroxyl groups is 1. The van der Waals surface area contributed by atoms with Gasteiger partial charge in [0.2, 0.25) is 5.91 Å². The molecule has 3 heteroatoms. The Morgan fingerprint density at radius 1 is 1.67 bits per heavy atom. The first-order chi connectivity index (χ1) is 5.76. The van der Waals surface area contributed by atoms with Crippen molar-refractivity contribution in [3.63, 3.8) is 0 Å². The number of hydrogen-bond acceptors (Lipinski definition) is 2. The SMILES string of the molecule is C/C=C/C(=O)NC1CC(CO)C1. The number of carbonyl (C=O) groups excluding carboxylic acids is 1. The molecule has 0 saturated heterocycles. The summed E-state index contributed by atoms with van der Waals surface area (Å²) in [6, 6.07) is 0.283. The van der Waals surface area contributed by atoms with Crippen molar-refractivity contribution in [2.24, 2.45) is 5.92 Å². The number of amides is 1. The molecule has 0 unspecified atom stereocenters. The van der Waals surface area contributed by atoms with Crippen molar-refractivity contribution >= 4 is 5.91 Å². The highest BCUT2D eigenvalue weighted by Gasteiger charge is 2.28. The summed E-state index contributed by atoms with van der Waals surface area (Å²) in [5.41, 5.74) is 0. The summed E-state index contributed by atoms with van der Waals surface area (Å²) in [4.78, 5) is 11.0. The zero-order valence-electron chi connectivity index (χ0n) is 7.29. The van der Waals surface area contributed by atoms with Crippen LogP contribution >= 0.6 is 0 Å². The number of aliphatic hydroxyl groups excluding tert-OH is 1. The van der Waals surface area contributed by atoms with Crippen molar-refractivity contribution in [3.8, 4) is 0 Å². The second-order valence-electron chi connectivity index (χ2n) is 3.23. The van der Waals surface area contributed by atoms with E-state index in [2.05, 4.69) is 5.32 Å². The molecule has 2 N–H and O–H groups in total. The molecule has 1 aliphatic rings. The quantitative estimate of drug-likeness (QED) is 0.603. The largest absolute Gasteiger partial charge is 0.396 e. The van der Waals surface area contributed by atoms with Crippen LogP contribution in [0, 0.1) is 5.92 Å². The van der Waals surface area contributed by atoms with Crippen molar-refractivity contribution < 1.29 is 9.90 Å². The van der Waals surface area contributed by atoms with E-state index < -0.39 is 0 Å². The molecule has 1 saturated carbocycles. The monoisotopic (exact) mass is 169 g/mol. The average Bonchev–Trinajstić information content (AvgIpc) is 1.96. The number of rotatable bonds is 3. The summed E-state index contributed by atoms with van der Waals surface area (Å²) >= 11 is 0. The molecule has 1 aliphatic carbocycles. The maximum absolute atomic E-state index is 11.0. The second-order valence-corrected chi connectivity index (χ2v) is 3.23. The fourth-order valence-corrected chi connectivity index (χ4v) is 1.40. The molecule has 0 atom stereocenters. The number of nitrogens with one attached hydrogen (secondary N) is 1. The smallest absolute Gasteiger partial charge is 0.243 e. The molecule has 0 bridgehead atoms. The first kappa shape index (κ1) is 9.26. The minimum absolute atomic E-state index is 0.0288. The van der Waals surface area contributed by atoms with Crippen LogP contribution in [0.5, 0.6) is 0 Å². The predicted molar refractivity (Wildman–Crippen MR) is 46.6 cm³/mol. The lowest BCUT2D eigenvalue weighted by Crippen LogP contribution is -2.44. The van der Waals surface area contributed by atoms with E-state index in [0.29, 0.717) is 5.92 Å². The Kier molecular flexibility index (Phi) is 3.29. The van der Waals surface area contributed by atoms with Gasteiger partial charge in [0.05, 0.1) is 0 Å². The van der Waals surface area contributed by atoms with Crippen LogP contribution in [0.25, 0.3) is 0 Å². The van der Waals surface area contributed by atoms with E-state index in [1.54, 1.807) is 6.08 Å². The van der Waals surface area contributed by atoms with Gasteiger partial charge in [-0.2, -0.15) is 0 Å². The van der Waals surface area contributed by atoms with E-state index in [9.17, 15) is 4.79 Å². The van der Waals surface area contributed by atoms with Crippen LogP contribution in [0.4, 0.5) is 0 Å². The van der Waals surface area contributed by atoms with Gasteiger partial charge in [0, 0.05) is 12.6 Å². The van der Waals surface area contributed by atoms with Gasteiger partial charge in [0.1, 0.15) is 0 Å². The van der Waals surface area contributed by atoms with Crippen LogP contribution in [0.15, 0.2) is 12.2 Å². The molecule has 3 nitrogen and oxygen atoms in total. The molecule has 0 heterocycles. The van der Waals surface area contributed by atoms with Gasteiger partial charge in [-0.15, -0.1) is 0 Å². The highest BCUT2D eigenvalue weighted by Crippen LogP contribution is 2.26. The maximum atomic E-state index is 11.0. The molecule has 0 radical (unpaired) electrons. The number of carbonyl (C=O) groups is 1. The highest BCUT2D eigenvalue weighted by atomic mass is 16.3. The highest BCUT2D eigenvalue weighted by molar-refractivity contribution is 5.87. The minimum atomic E-state index is -0.0288. The summed E-state index contributed by atoms with van der Waals surface area (Å²) in [7, 11) is 0. The molecule has 0 aromatic carbocycles. The van der Waals surface area contributed by atoms with Gasteiger partial charge in [-0.1, -0.05) is 6.08 Å². The van der Waals surface area contributed by atoms with Gasteiger partial charge in [-0.3, -0.25) is 4.79 Å². The van der Waals surface area contributed by atoms with Crippen molar-refractivity contribution in [3.05, 3.63) is 12.2 Å². The predicted octanol–water partition coefficient (Wildman–Crippen LogP) is 0.450. The van der Waals surface area contributed by atoms with Crippen LogP contribution < -0.4 is 5.32 Å². The number of hydrogen-bond donors (Lipinski definition) is 2. The summed E-state index contributed by atoms with van der Waals surface area (Å²) in [5, 5.41) is 11.6. The van der Waals surface area contributed by atoms with Crippen molar-refractivity contribution in [1.82, 2.24) is 5.32 Å². The van der Waals surface area contributed by atoms with Gasteiger partial charge in [-0.05, 0) is 31.8 Å². The average molecular weight is 169 g/mol. The van der Waals surface area contributed by atoms with Crippen molar-refractivity contribution in [1.29, 1.82) is 0 Å². The molecule has 1 fully saturated rings. The van der Waals surface area contributed by atoms with Crippen molar-refractivity contribution in [2.45, 2.75) is 25.8 Å². The third-order valence-corrected chi connectivity index (χ3v) is 2.16. The van der Waals surface area contributed by atoms with Crippen LogP contribution in [0.3, 0.4) is 0 Å². The lowest BCUT2D eigenvalue weighted by molar-refractivity contribution is -0.118. The van der Waals surface area contributed by atoms with Gasteiger partial charge < -0.3 is 10.4 Å². The molecule has 0 aromatic heterocycles. The fraction of sp³-hybridized carbons (Fsp3) is 0.667. The Bertz CT molecular complexity index is 183. The molecule has 1 rings (SSSR count). The van der Waals surface area contributed by atoms with Crippen molar-refractivity contribution in [2.75, 3.05) is 6.61 Å². The maximum Gasteiger partial charge on any atom is 0.243 e. The first-order valence-corrected chi connectivity index (χ1v) is 4.30. The van der Waals surface area contributed by atoms with Gasteiger partial charge in [-0.25, -0.2) is 0 Å². The summed E-state index contributed by atoms with van der Waals surface area (Å²) in [6.45, 7) is 2.06. The Balaban J connectivity index is 2.14. The van der Waals surface area contributed by atoms with E-state index in [0.717, 1.165) is 12.8 Å². The third kappa shape index (κ3) is 2.34. The first-order valence-electron chi connectivity index (χ1n) is 4.30. The zero-order valence-corrected chi connectivity index (χ0v) is 7.29. The van der Waals surface area contributed by atoms with E-state index in [4.69, 9.17) is 5.11 Å². The molecule has 12 heavy (non-hydrogen) atoms. The molecular formula is C9H15NO2. The Hall–Kier alpha value is -0.830. The second kappa shape index (κ2) is 4.26. The lowest BCUT2D eigenvalue weighted by Gasteiger charge is -2.34. The molecule has 1 amide bonds. The Morgan fingerprint density at radius 2 is 2.33 bits per heavy atom. The number of allylic oxidation sites excluding steroid dienone is 1. The van der Waals surface area contributed by atoms with E-state index in [1.165, 1.54) is 6.08 Å². The fourth-order valence-electron chi connectivity index (χ4n) is 1.40. The van der Waals surface area contributed by atoms with Crippen LogP contribution in [-0.2, 0) is 4.79 Å². The van der Waals surface area contributed by atoms with E-state index in [1.807, 2.05) is 6.92 Å². The zero-order chi connectivity index (χ0) is 8.97. The molecule has 68 valence electrons. The molecule has 0 aliphatic heterocycles. The van der Waals surface area contributed by atoms with E-state index in [-0.39, 0.29) is 18.6 Å². The topological polar surface area (TPSA) is 49.3 Å². The summed E-state index contributed by atoms with van der Waals surface area (Å²) in [6.07, 6.45) is 5.07. The minimum Gasteiger partial charge on any atom is -0.396 e.